The molecule has 0 unspecified atom stereocenters. The third kappa shape index (κ3) is 1.84. The van der Waals surface area contributed by atoms with Gasteiger partial charge in [0, 0.05) is 11.3 Å². The Kier molecular flexibility index (Phi) is 2.77. The van der Waals surface area contributed by atoms with E-state index < -0.39 is 0 Å². The van der Waals surface area contributed by atoms with Crippen molar-refractivity contribution in [3.63, 3.8) is 0 Å². The number of methoxy groups -OCH3 is 1. The lowest BCUT2D eigenvalue weighted by atomic mass is 10.0. The summed E-state index contributed by atoms with van der Waals surface area (Å²) < 4.78 is 18.8. The summed E-state index contributed by atoms with van der Waals surface area (Å²) in [6, 6.07) is 12.1. The van der Waals surface area contributed by atoms with Crippen LogP contribution in [0.4, 0.5) is 10.1 Å². The normalized spacial score (nSPS) is 10.1. The number of hydrogen-bond donors (Lipinski definition) is 1. The first-order valence-corrected chi connectivity index (χ1v) is 4.91. The van der Waals surface area contributed by atoms with E-state index in [9.17, 15) is 4.39 Å². The fourth-order valence-electron chi connectivity index (χ4n) is 1.55. The van der Waals surface area contributed by atoms with E-state index in [2.05, 4.69) is 0 Å². The maximum absolute atomic E-state index is 13.9. The molecule has 16 heavy (non-hydrogen) atoms. The zero-order chi connectivity index (χ0) is 11.5. The zero-order valence-electron chi connectivity index (χ0n) is 8.91. The lowest BCUT2D eigenvalue weighted by Crippen LogP contribution is -1.91. The van der Waals surface area contributed by atoms with Gasteiger partial charge < -0.3 is 10.5 Å². The number of ether oxygens (including phenoxy) is 1. The summed E-state index contributed by atoms with van der Waals surface area (Å²) >= 11 is 0. The lowest BCUT2D eigenvalue weighted by Gasteiger charge is -2.07. The van der Waals surface area contributed by atoms with Gasteiger partial charge in [0.25, 0.3) is 0 Å². The van der Waals surface area contributed by atoms with Gasteiger partial charge in [0.05, 0.1) is 7.11 Å². The molecule has 3 heteroatoms. The molecule has 0 aliphatic rings. The maximum Gasteiger partial charge on any atom is 0.172 e. The fourth-order valence-corrected chi connectivity index (χ4v) is 1.55. The molecule has 82 valence electrons. The smallest absolute Gasteiger partial charge is 0.172 e. The Hall–Kier alpha value is -2.03. The van der Waals surface area contributed by atoms with Crippen molar-refractivity contribution in [2.75, 3.05) is 12.8 Å². The Labute approximate surface area is 93.5 Å². The van der Waals surface area contributed by atoms with Crippen LogP contribution in [-0.2, 0) is 0 Å². The summed E-state index contributed by atoms with van der Waals surface area (Å²) in [6.45, 7) is 0. The first kappa shape index (κ1) is 10.5. The van der Waals surface area contributed by atoms with Crippen LogP contribution in [-0.4, -0.2) is 7.11 Å². The Morgan fingerprint density at radius 1 is 1.06 bits per heavy atom. The molecule has 2 nitrogen and oxygen atoms in total. The largest absolute Gasteiger partial charge is 0.494 e. The molecule has 2 aromatic rings. The van der Waals surface area contributed by atoms with Crippen LogP contribution in [0.3, 0.4) is 0 Å². The van der Waals surface area contributed by atoms with E-state index in [0.29, 0.717) is 11.3 Å². The van der Waals surface area contributed by atoms with Crippen LogP contribution in [0.5, 0.6) is 5.75 Å². The van der Waals surface area contributed by atoms with Gasteiger partial charge in [-0.2, -0.15) is 0 Å². The quantitative estimate of drug-likeness (QED) is 0.784. The van der Waals surface area contributed by atoms with E-state index >= 15 is 0 Å². The molecule has 2 N–H and O–H groups in total. The summed E-state index contributed by atoms with van der Waals surface area (Å²) in [5, 5.41) is 0. The molecule has 0 saturated carbocycles. The molecular weight excluding hydrogens is 205 g/mol. The number of benzene rings is 2. The van der Waals surface area contributed by atoms with Crippen molar-refractivity contribution < 1.29 is 9.13 Å². The Morgan fingerprint density at radius 2 is 1.75 bits per heavy atom. The first-order chi connectivity index (χ1) is 7.72. The average molecular weight is 217 g/mol. The van der Waals surface area contributed by atoms with Crippen molar-refractivity contribution in [2.24, 2.45) is 0 Å². The van der Waals surface area contributed by atoms with Crippen molar-refractivity contribution in [1.29, 1.82) is 0 Å². The molecule has 0 aliphatic carbocycles. The van der Waals surface area contributed by atoms with E-state index in [4.69, 9.17) is 10.5 Å². The van der Waals surface area contributed by atoms with E-state index in [-0.39, 0.29) is 11.6 Å². The maximum atomic E-state index is 13.9. The van der Waals surface area contributed by atoms with Crippen molar-refractivity contribution in [2.45, 2.75) is 0 Å². The summed E-state index contributed by atoms with van der Waals surface area (Å²) in [4.78, 5) is 0. The number of hydrogen-bond acceptors (Lipinski definition) is 2. The average Bonchev–Trinajstić information content (AvgIpc) is 2.31. The van der Waals surface area contributed by atoms with Gasteiger partial charge in [0.15, 0.2) is 11.6 Å². The molecule has 0 aliphatic heterocycles. The Balaban J connectivity index is 2.51. The molecule has 0 aromatic heterocycles. The summed E-state index contributed by atoms with van der Waals surface area (Å²) in [5.41, 5.74) is 7.54. The van der Waals surface area contributed by atoms with E-state index in [1.165, 1.54) is 7.11 Å². The second-order valence-corrected chi connectivity index (χ2v) is 3.44. The van der Waals surface area contributed by atoms with Crippen LogP contribution >= 0.6 is 0 Å². The van der Waals surface area contributed by atoms with Gasteiger partial charge in [0.2, 0.25) is 0 Å². The molecule has 0 bridgehead atoms. The molecular formula is C13H12FNO. The minimum atomic E-state index is -0.352. The van der Waals surface area contributed by atoms with E-state index in [1.54, 1.807) is 42.5 Å². The highest BCUT2D eigenvalue weighted by Gasteiger charge is 2.09. The molecule has 0 fully saturated rings. The van der Waals surface area contributed by atoms with Gasteiger partial charge in [-0.05, 0) is 23.8 Å². The summed E-state index contributed by atoms with van der Waals surface area (Å²) in [5.74, 6) is -0.107. The highest BCUT2D eigenvalue weighted by atomic mass is 19.1. The van der Waals surface area contributed by atoms with Crippen LogP contribution in [0, 0.1) is 5.82 Å². The highest BCUT2D eigenvalue weighted by molar-refractivity contribution is 5.67. The van der Waals surface area contributed by atoms with Gasteiger partial charge >= 0.3 is 0 Å². The monoisotopic (exact) mass is 217 g/mol. The Morgan fingerprint density at radius 3 is 2.38 bits per heavy atom. The zero-order valence-corrected chi connectivity index (χ0v) is 8.91. The molecule has 0 spiro atoms. The van der Waals surface area contributed by atoms with Crippen molar-refractivity contribution in [3.05, 3.63) is 48.3 Å². The first-order valence-electron chi connectivity index (χ1n) is 4.91. The van der Waals surface area contributed by atoms with Crippen molar-refractivity contribution in [3.8, 4) is 16.9 Å². The van der Waals surface area contributed by atoms with Crippen LogP contribution < -0.4 is 10.5 Å². The SMILES string of the molecule is COc1cccc(-c2ccc(N)cc2)c1F. The summed E-state index contributed by atoms with van der Waals surface area (Å²) in [7, 11) is 1.45. The van der Waals surface area contributed by atoms with Crippen molar-refractivity contribution in [1.82, 2.24) is 0 Å². The number of nitrogen functional groups attached to an aromatic ring is 1. The molecule has 0 heterocycles. The van der Waals surface area contributed by atoms with Gasteiger partial charge in [0.1, 0.15) is 0 Å². The lowest BCUT2D eigenvalue weighted by molar-refractivity contribution is 0.387. The van der Waals surface area contributed by atoms with Crippen LogP contribution in [0.25, 0.3) is 11.1 Å². The second kappa shape index (κ2) is 4.23. The van der Waals surface area contributed by atoms with Gasteiger partial charge in [-0.1, -0.05) is 24.3 Å². The van der Waals surface area contributed by atoms with Gasteiger partial charge in [-0.3, -0.25) is 0 Å². The van der Waals surface area contributed by atoms with Crippen LogP contribution in [0.15, 0.2) is 42.5 Å². The number of halogens is 1. The number of anilines is 1. The minimum Gasteiger partial charge on any atom is -0.494 e. The van der Waals surface area contributed by atoms with Gasteiger partial charge in [-0.25, -0.2) is 4.39 Å². The minimum absolute atomic E-state index is 0.245. The predicted molar refractivity (Wildman–Crippen MR) is 62.8 cm³/mol. The fraction of sp³-hybridized carbons (Fsp3) is 0.0769. The van der Waals surface area contributed by atoms with Crippen LogP contribution in [0.1, 0.15) is 0 Å². The molecule has 0 saturated heterocycles. The molecule has 0 atom stereocenters. The third-order valence-corrected chi connectivity index (χ3v) is 2.40. The molecule has 0 amide bonds. The van der Waals surface area contributed by atoms with Gasteiger partial charge in [-0.15, -0.1) is 0 Å². The van der Waals surface area contributed by atoms with Crippen molar-refractivity contribution >= 4 is 5.69 Å². The van der Waals surface area contributed by atoms with Crippen LogP contribution in [0.2, 0.25) is 0 Å². The molecule has 0 radical (unpaired) electrons. The molecule has 2 rings (SSSR count). The predicted octanol–water partition coefficient (Wildman–Crippen LogP) is 3.08. The number of rotatable bonds is 2. The second-order valence-electron chi connectivity index (χ2n) is 3.44. The topological polar surface area (TPSA) is 35.2 Å². The third-order valence-electron chi connectivity index (χ3n) is 2.40. The summed E-state index contributed by atoms with van der Waals surface area (Å²) in [6.07, 6.45) is 0. The molecule has 2 aromatic carbocycles. The highest BCUT2D eigenvalue weighted by Crippen LogP contribution is 2.29. The number of nitrogens with two attached hydrogens (primary N) is 1. The Bertz CT molecular complexity index is 494. The van der Waals surface area contributed by atoms with E-state index in [0.717, 1.165) is 5.56 Å². The van der Waals surface area contributed by atoms with E-state index in [1.807, 2.05) is 0 Å². The standard InChI is InChI=1S/C13H12FNO/c1-16-12-4-2-3-11(13(12)14)9-5-7-10(15)8-6-9/h2-8H,15H2,1H3.